The topological polar surface area (TPSA) is 61.1 Å². The number of benzene rings is 1. The van der Waals surface area contributed by atoms with E-state index >= 15 is 0 Å². The minimum absolute atomic E-state index is 0.0163. The molecule has 1 N–H and O–H groups in total. The summed E-state index contributed by atoms with van der Waals surface area (Å²) in [6, 6.07) is 4.42. The molecule has 92 valence electrons. The molecule has 0 atom stereocenters. The van der Waals surface area contributed by atoms with E-state index in [4.69, 9.17) is 10.4 Å². The van der Waals surface area contributed by atoms with Crippen molar-refractivity contribution < 1.29 is 23.1 Å². The molecule has 0 aliphatic carbocycles. The molecule has 0 aromatic heterocycles. The van der Waals surface area contributed by atoms with Crippen LogP contribution in [0.4, 0.5) is 13.2 Å². The number of nitrogens with zero attached hydrogens (tertiary/aromatic N) is 1. The summed E-state index contributed by atoms with van der Waals surface area (Å²) in [5.74, 6) is 3.36. The predicted molar refractivity (Wildman–Crippen MR) is 55.3 cm³/mol. The average Bonchev–Trinajstić information content (AvgIpc) is 2.27. The first kappa shape index (κ1) is 13.6. The number of halogens is 3. The Bertz CT molecular complexity index is 574. The van der Waals surface area contributed by atoms with Gasteiger partial charge in [-0.05, 0) is 18.2 Å². The van der Waals surface area contributed by atoms with Crippen LogP contribution in [-0.2, 0) is 11.0 Å². The number of nitriles is 1. The summed E-state index contributed by atoms with van der Waals surface area (Å²) in [4.78, 5) is 10.2. The summed E-state index contributed by atoms with van der Waals surface area (Å²) < 4.78 is 37.7. The first-order valence-corrected chi connectivity index (χ1v) is 4.66. The van der Waals surface area contributed by atoms with Crippen LogP contribution in [0, 0.1) is 23.2 Å². The second-order valence-corrected chi connectivity index (χ2v) is 3.24. The van der Waals surface area contributed by atoms with Gasteiger partial charge in [0.2, 0.25) is 0 Å². The summed E-state index contributed by atoms with van der Waals surface area (Å²) in [5, 5.41) is 16.9. The fraction of sp³-hybridized carbons (Fsp3) is 0.167. The molecule has 0 saturated heterocycles. The quantitative estimate of drug-likeness (QED) is 0.782. The van der Waals surface area contributed by atoms with Crippen molar-refractivity contribution in [2.75, 3.05) is 0 Å². The van der Waals surface area contributed by atoms with Crippen molar-refractivity contribution >= 4 is 5.97 Å². The second kappa shape index (κ2) is 5.24. The number of rotatable bonds is 1. The summed E-state index contributed by atoms with van der Waals surface area (Å²) in [7, 11) is 0. The fourth-order valence-electron chi connectivity index (χ4n) is 1.18. The Kier molecular flexibility index (Phi) is 3.96. The van der Waals surface area contributed by atoms with Gasteiger partial charge in [-0.3, -0.25) is 4.79 Å². The Morgan fingerprint density at radius 1 is 1.39 bits per heavy atom. The van der Waals surface area contributed by atoms with Crippen LogP contribution >= 0.6 is 0 Å². The molecule has 3 nitrogen and oxygen atoms in total. The van der Waals surface area contributed by atoms with Crippen molar-refractivity contribution in [1.82, 2.24) is 0 Å². The molecule has 1 rings (SSSR count). The molecular formula is C12H6F3NO2. The zero-order chi connectivity index (χ0) is 13.8. The molecule has 18 heavy (non-hydrogen) atoms. The average molecular weight is 253 g/mol. The molecule has 1 aromatic carbocycles. The molecule has 6 heteroatoms. The lowest BCUT2D eigenvalue weighted by atomic mass is 10.0. The van der Waals surface area contributed by atoms with Crippen LogP contribution in [0.1, 0.15) is 23.1 Å². The van der Waals surface area contributed by atoms with E-state index in [9.17, 15) is 18.0 Å². The predicted octanol–water partition coefficient (Wildman–Crippen LogP) is 2.40. The van der Waals surface area contributed by atoms with E-state index in [1.54, 1.807) is 0 Å². The van der Waals surface area contributed by atoms with E-state index in [2.05, 4.69) is 11.8 Å². The van der Waals surface area contributed by atoms with Crippen molar-refractivity contribution in [2.24, 2.45) is 0 Å². The van der Waals surface area contributed by atoms with Crippen LogP contribution in [-0.4, -0.2) is 11.1 Å². The molecule has 1 aromatic rings. The summed E-state index contributed by atoms with van der Waals surface area (Å²) in [5.41, 5.74) is -1.55. The second-order valence-electron chi connectivity index (χ2n) is 3.24. The molecule has 0 radical (unpaired) electrons. The zero-order valence-corrected chi connectivity index (χ0v) is 8.88. The highest BCUT2D eigenvalue weighted by molar-refractivity contribution is 5.70. The lowest BCUT2D eigenvalue weighted by molar-refractivity contribution is -0.138. The highest BCUT2D eigenvalue weighted by atomic mass is 19.4. The number of carboxylic acids is 1. The van der Waals surface area contributed by atoms with Gasteiger partial charge in [-0.1, -0.05) is 11.8 Å². The molecule has 0 fully saturated rings. The van der Waals surface area contributed by atoms with E-state index in [0.717, 1.165) is 12.1 Å². The van der Waals surface area contributed by atoms with Crippen molar-refractivity contribution in [3.8, 4) is 17.9 Å². The van der Waals surface area contributed by atoms with Gasteiger partial charge in [0, 0.05) is 5.56 Å². The van der Waals surface area contributed by atoms with Crippen LogP contribution in [0.25, 0.3) is 0 Å². The molecule has 0 amide bonds. The van der Waals surface area contributed by atoms with Crippen molar-refractivity contribution in [3.63, 3.8) is 0 Å². The van der Waals surface area contributed by atoms with E-state index in [1.165, 1.54) is 12.1 Å². The smallest absolute Gasteiger partial charge is 0.417 e. The van der Waals surface area contributed by atoms with Crippen molar-refractivity contribution in [1.29, 1.82) is 5.26 Å². The molecule has 0 aliphatic rings. The molecular weight excluding hydrogens is 247 g/mol. The number of carbonyl (C=O) groups is 1. The fourth-order valence-corrected chi connectivity index (χ4v) is 1.18. The highest BCUT2D eigenvalue weighted by Crippen LogP contribution is 2.32. The first-order valence-electron chi connectivity index (χ1n) is 4.66. The summed E-state index contributed by atoms with van der Waals surface area (Å²) in [6.45, 7) is 0. The van der Waals surface area contributed by atoms with Crippen LogP contribution in [0.2, 0.25) is 0 Å². The summed E-state index contributed by atoms with van der Waals surface area (Å²) >= 11 is 0. The molecule has 0 unspecified atom stereocenters. The first-order chi connectivity index (χ1) is 8.34. The molecule has 0 bridgehead atoms. The van der Waals surface area contributed by atoms with E-state index in [-0.39, 0.29) is 5.56 Å². The van der Waals surface area contributed by atoms with Gasteiger partial charge in [-0.15, -0.1) is 0 Å². The SMILES string of the molecule is N#Cc1ccc(C#CCC(=O)O)cc1C(F)(F)F. The van der Waals surface area contributed by atoms with Gasteiger partial charge in [0.1, 0.15) is 6.42 Å². The Hall–Kier alpha value is -2.47. The minimum Gasteiger partial charge on any atom is -0.481 e. The van der Waals surface area contributed by atoms with Crippen molar-refractivity contribution in [2.45, 2.75) is 12.6 Å². The van der Waals surface area contributed by atoms with Gasteiger partial charge in [-0.2, -0.15) is 18.4 Å². The van der Waals surface area contributed by atoms with Gasteiger partial charge in [0.15, 0.2) is 0 Å². The number of hydrogen-bond acceptors (Lipinski definition) is 2. The maximum atomic E-state index is 12.6. The molecule has 0 aliphatic heterocycles. The Balaban J connectivity index is 3.15. The number of alkyl halides is 3. The lowest BCUT2D eigenvalue weighted by Crippen LogP contribution is -2.08. The Morgan fingerprint density at radius 2 is 2.06 bits per heavy atom. The number of aliphatic carboxylic acids is 1. The van der Waals surface area contributed by atoms with Crippen LogP contribution in [0.3, 0.4) is 0 Å². The third-order valence-electron chi connectivity index (χ3n) is 1.92. The van der Waals surface area contributed by atoms with Gasteiger partial charge >= 0.3 is 12.1 Å². The number of hydrogen-bond donors (Lipinski definition) is 1. The standard InChI is InChI=1S/C12H6F3NO2/c13-12(14,15)10-6-8(2-1-3-11(17)18)4-5-9(10)7-16/h4-6H,3H2,(H,17,18). The highest BCUT2D eigenvalue weighted by Gasteiger charge is 2.33. The zero-order valence-electron chi connectivity index (χ0n) is 8.88. The van der Waals surface area contributed by atoms with Gasteiger partial charge in [0.05, 0.1) is 17.2 Å². The van der Waals surface area contributed by atoms with Crippen LogP contribution < -0.4 is 0 Å². The number of carboxylic acid groups (broad SMARTS) is 1. The van der Waals surface area contributed by atoms with Gasteiger partial charge in [0.25, 0.3) is 0 Å². The molecule has 0 heterocycles. The largest absolute Gasteiger partial charge is 0.481 e. The van der Waals surface area contributed by atoms with Crippen LogP contribution in [0.15, 0.2) is 18.2 Å². The summed E-state index contributed by atoms with van der Waals surface area (Å²) in [6.07, 6.45) is -5.10. The third-order valence-corrected chi connectivity index (χ3v) is 1.92. The lowest BCUT2D eigenvalue weighted by Gasteiger charge is -2.08. The molecule has 0 spiro atoms. The van der Waals surface area contributed by atoms with Crippen LogP contribution in [0.5, 0.6) is 0 Å². The van der Waals surface area contributed by atoms with E-state index in [1.807, 2.05) is 0 Å². The maximum Gasteiger partial charge on any atom is 0.417 e. The Morgan fingerprint density at radius 3 is 2.56 bits per heavy atom. The maximum absolute atomic E-state index is 12.6. The Labute approximate surface area is 100 Å². The van der Waals surface area contributed by atoms with Gasteiger partial charge < -0.3 is 5.11 Å². The monoisotopic (exact) mass is 253 g/mol. The van der Waals surface area contributed by atoms with E-state index < -0.39 is 29.7 Å². The van der Waals surface area contributed by atoms with E-state index in [0.29, 0.717) is 0 Å². The molecule has 0 saturated carbocycles. The minimum atomic E-state index is -4.64. The third kappa shape index (κ3) is 3.53. The van der Waals surface area contributed by atoms with Gasteiger partial charge in [-0.25, -0.2) is 0 Å². The normalized spacial score (nSPS) is 10.1. The van der Waals surface area contributed by atoms with Crippen molar-refractivity contribution in [3.05, 3.63) is 34.9 Å².